The number of hydrogen-bond acceptors (Lipinski definition) is 9. The molecule has 0 amide bonds. The molecule has 0 radical (unpaired) electrons. The zero-order chi connectivity index (χ0) is 24.1. The summed E-state index contributed by atoms with van der Waals surface area (Å²) >= 11 is 0. The van der Waals surface area contributed by atoms with Gasteiger partial charge in [-0.1, -0.05) is 18.2 Å². The van der Waals surface area contributed by atoms with Crippen molar-refractivity contribution >= 4 is 29.8 Å². The molecule has 3 rings (SSSR count). The summed E-state index contributed by atoms with van der Waals surface area (Å²) in [5, 5.41) is 48.6. The molecule has 9 nitrogen and oxygen atoms in total. The number of carbonyl (C=O) groups excluding carboxylic acids is 1. The van der Waals surface area contributed by atoms with E-state index in [0.717, 1.165) is 12.1 Å². The third-order valence-electron chi connectivity index (χ3n) is 4.46. The van der Waals surface area contributed by atoms with E-state index in [9.17, 15) is 35.1 Å². The van der Waals surface area contributed by atoms with Gasteiger partial charge in [-0.3, -0.25) is 0 Å². The molecule has 0 atom stereocenters. The van der Waals surface area contributed by atoms with Crippen molar-refractivity contribution in [3.63, 3.8) is 0 Å². The van der Waals surface area contributed by atoms with E-state index in [1.54, 1.807) is 6.92 Å². The number of hydrogen-bond donors (Lipinski definition) is 5. The van der Waals surface area contributed by atoms with E-state index in [-0.39, 0.29) is 40.8 Å². The predicted octanol–water partition coefficient (Wildman–Crippen LogP) is 3.44. The molecule has 0 spiro atoms. The molecule has 0 aliphatic rings. The van der Waals surface area contributed by atoms with Crippen LogP contribution < -0.4 is 5.63 Å². The number of esters is 1. The first kappa shape index (κ1) is 23.0. The number of aromatic hydroxyl groups is 5. The van der Waals surface area contributed by atoms with Gasteiger partial charge in [-0.2, -0.15) is 0 Å². The fourth-order valence-electron chi connectivity index (χ4n) is 2.89. The first-order valence-electron chi connectivity index (χ1n) is 9.68. The summed E-state index contributed by atoms with van der Waals surface area (Å²) in [7, 11) is 0. The number of rotatable bonds is 6. The molecule has 5 N–H and O–H groups in total. The summed E-state index contributed by atoms with van der Waals surface area (Å²) < 4.78 is 10.2. The molecule has 0 aliphatic carbocycles. The fourth-order valence-corrected chi connectivity index (χ4v) is 2.89. The average molecular weight is 452 g/mol. The lowest BCUT2D eigenvalue weighted by atomic mass is 10.0. The van der Waals surface area contributed by atoms with Crippen molar-refractivity contribution < 1.29 is 39.5 Å². The maximum Gasteiger partial charge on any atom is 0.348 e. The van der Waals surface area contributed by atoms with Crippen LogP contribution in [0.1, 0.15) is 29.4 Å². The molecule has 3 aromatic rings. The van der Waals surface area contributed by atoms with Gasteiger partial charge in [-0.05, 0) is 54.5 Å². The van der Waals surface area contributed by atoms with Crippen LogP contribution in [0.2, 0.25) is 0 Å². The van der Waals surface area contributed by atoms with E-state index in [0.29, 0.717) is 5.56 Å². The topological polar surface area (TPSA) is 158 Å². The Morgan fingerprint density at radius 2 is 1.45 bits per heavy atom. The Bertz CT molecular complexity index is 1320. The first-order valence-corrected chi connectivity index (χ1v) is 9.68. The Labute approximate surface area is 187 Å². The van der Waals surface area contributed by atoms with Crippen molar-refractivity contribution in [1.82, 2.24) is 0 Å². The van der Waals surface area contributed by atoms with Gasteiger partial charge in [0.05, 0.1) is 12.2 Å². The standard InChI is InChI=1S/C24H20O9/c1-2-32-23(30)16(9-14-5-8-18(26)20(28)11-14)22-21(29)12-15(33-24(22)31)6-3-13-4-7-17(25)19(27)10-13/h3-12,25-29H,2H2,1H3. The lowest BCUT2D eigenvalue weighted by molar-refractivity contribution is -0.136. The molecular weight excluding hydrogens is 432 g/mol. The predicted molar refractivity (Wildman–Crippen MR) is 120 cm³/mol. The number of phenolic OH excluding ortho intramolecular Hbond substituents is 4. The largest absolute Gasteiger partial charge is 0.507 e. The highest BCUT2D eigenvalue weighted by molar-refractivity contribution is 6.22. The molecule has 33 heavy (non-hydrogen) atoms. The van der Waals surface area contributed by atoms with Crippen LogP contribution >= 0.6 is 0 Å². The Hall–Kier alpha value is -4.66. The van der Waals surface area contributed by atoms with E-state index in [1.807, 2.05) is 0 Å². The van der Waals surface area contributed by atoms with Crippen LogP contribution in [0.3, 0.4) is 0 Å². The molecule has 170 valence electrons. The van der Waals surface area contributed by atoms with Crippen LogP contribution in [0.5, 0.6) is 28.7 Å². The van der Waals surface area contributed by atoms with Crippen LogP contribution in [0.15, 0.2) is 51.7 Å². The summed E-state index contributed by atoms with van der Waals surface area (Å²) in [4.78, 5) is 25.2. The lowest BCUT2D eigenvalue weighted by Gasteiger charge is -2.09. The van der Waals surface area contributed by atoms with Crippen molar-refractivity contribution in [2.75, 3.05) is 6.61 Å². The van der Waals surface area contributed by atoms with Gasteiger partial charge in [0.15, 0.2) is 23.0 Å². The van der Waals surface area contributed by atoms with Crippen LogP contribution in [0, 0.1) is 0 Å². The minimum atomic E-state index is -1.02. The Morgan fingerprint density at radius 3 is 2.03 bits per heavy atom. The maximum atomic E-state index is 12.7. The molecule has 0 fully saturated rings. The lowest BCUT2D eigenvalue weighted by Crippen LogP contribution is -2.15. The Morgan fingerprint density at radius 1 is 0.848 bits per heavy atom. The molecule has 1 heterocycles. The maximum absolute atomic E-state index is 12.7. The van der Waals surface area contributed by atoms with Gasteiger partial charge in [0, 0.05) is 6.07 Å². The van der Waals surface area contributed by atoms with Crippen LogP contribution in [-0.2, 0) is 9.53 Å². The minimum Gasteiger partial charge on any atom is -0.507 e. The number of benzene rings is 2. The van der Waals surface area contributed by atoms with E-state index >= 15 is 0 Å². The van der Waals surface area contributed by atoms with E-state index < -0.39 is 28.7 Å². The van der Waals surface area contributed by atoms with Crippen LogP contribution in [0.4, 0.5) is 0 Å². The van der Waals surface area contributed by atoms with Crippen LogP contribution in [0.25, 0.3) is 23.8 Å². The number of carbonyl (C=O) groups is 1. The van der Waals surface area contributed by atoms with Gasteiger partial charge >= 0.3 is 11.6 Å². The quantitative estimate of drug-likeness (QED) is 0.215. The zero-order valence-corrected chi connectivity index (χ0v) is 17.3. The van der Waals surface area contributed by atoms with E-state index in [2.05, 4.69) is 0 Å². The minimum absolute atomic E-state index is 0.00337. The molecule has 0 saturated carbocycles. The van der Waals surface area contributed by atoms with Gasteiger partial charge in [-0.15, -0.1) is 0 Å². The second kappa shape index (κ2) is 9.65. The molecule has 0 aliphatic heterocycles. The second-order valence-electron chi connectivity index (χ2n) is 6.80. The van der Waals surface area contributed by atoms with E-state index in [1.165, 1.54) is 48.6 Å². The van der Waals surface area contributed by atoms with Gasteiger partial charge in [0.25, 0.3) is 0 Å². The van der Waals surface area contributed by atoms with Crippen molar-refractivity contribution in [2.45, 2.75) is 6.92 Å². The Kier molecular flexibility index (Phi) is 6.73. The van der Waals surface area contributed by atoms with Gasteiger partial charge < -0.3 is 34.7 Å². The van der Waals surface area contributed by atoms with Gasteiger partial charge in [-0.25, -0.2) is 9.59 Å². The third-order valence-corrected chi connectivity index (χ3v) is 4.46. The summed E-state index contributed by atoms with van der Waals surface area (Å²) in [6.07, 6.45) is 4.03. The van der Waals surface area contributed by atoms with E-state index in [4.69, 9.17) is 9.15 Å². The van der Waals surface area contributed by atoms with Crippen molar-refractivity contribution in [3.8, 4) is 28.7 Å². The molecule has 9 heteroatoms. The molecule has 0 unspecified atom stereocenters. The highest BCUT2D eigenvalue weighted by atomic mass is 16.5. The van der Waals surface area contributed by atoms with Crippen molar-refractivity contribution in [1.29, 1.82) is 0 Å². The molecule has 1 aromatic heterocycles. The summed E-state index contributed by atoms with van der Waals surface area (Å²) in [6, 6.07) is 8.94. The van der Waals surface area contributed by atoms with Gasteiger partial charge in [0.2, 0.25) is 0 Å². The zero-order valence-electron chi connectivity index (χ0n) is 17.3. The highest BCUT2D eigenvalue weighted by Gasteiger charge is 2.23. The number of ether oxygens (including phenoxy) is 1. The fraction of sp³-hybridized carbons (Fsp3) is 0.0833. The molecular formula is C24H20O9. The third kappa shape index (κ3) is 5.34. The molecule has 0 bridgehead atoms. The van der Waals surface area contributed by atoms with Crippen molar-refractivity contribution in [2.24, 2.45) is 0 Å². The van der Waals surface area contributed by atoms with Crippen LogP contribution in [-0.4, -0.2) is 38.1 Å². The summed E-state index contributed by atoms with van der Waals surface area (Å²) in [5.41, 5.74) is -1.04. The van der Waals surface area contributed by atoms with Crippen molar-refractivity contribution in [3.05, 3.63) is 75.3 Å². The molecule has 0 saturated heterocycles. The molecule has 2 aromatic carbocycles. The average Bonchev–Trinajstić information content (AvgIpc) is 2.76. The Balaban J connectivity index is 2.04. The highest BCUT2D eigenvalue weighted by Crippen LogP contribution is 2.30. The second-order valence-corrected chi connectivity index (χ2v) is 6.80. The SMILES string of the molecule is CCOC(=O)C(=Cc1ccc(O)c(O)c1)c1c(O)cc(C=Cc2ccc(O)c(O)c2)oc1=O. The first-order chi connectivity index (χ1) is 15.7. The smallest absolute Gasteiger partial charge is 0.348 e. The summed E-state index contributed by atoms with van der Waals surface area (Å²) in [6.45, 7) is 1.57. The van der Waals surface area contributed by atoms with Gasteiger partial charge in [0.1, 0.15) is 17.1 Å². The monoisotopic (exact) mass is 452 g/mol. The normalized spacial score (nSPS) is 11.6. The number of phenols is 4. The summed E-state index contributed by atoms with van der Waals surface area (Å²) in [5.74, 6) is -2.94.